The molecule has 0 radical (unpaired) electrons. The van der Waals surface area contributed by atoms with Crippen molar-refractivity contribution in [3.05, 3.63) is 269 Å². The number of hydrogen-bond acceptors (Lipinski definition) is 1. The van der Waals surface area contributed by atoms with Crippen LogP contribution in [0.2, 0.25) is 0 Å². The molecule has 10 aromatic carbocycles. The molecule has 4 aliphatic carbocycles. The van der Waals surface area contributed by atoms with Crippen LogP contribution < -0.4 is 4.90 Å². The molecule has 1 heteroatoms. The number of fused-ring (bicyclic) bond motifs is 19. The number of benzene rings is 10. The van der Waals surface area contributed by atoms with Crippen molar-refractivity contribution in [1.82, 2.24) is 0 Å². The van der Waals surface area contributed by atoms with Crippen LogP contribution in [0.25, 0.3) is 66.8 Å². The molecule has 14 rings (SSSR count). The van der Waals surface area contributed by atoms with Crippen LogP contribution in [-0.4, -0.2) is 0 Å². The van der Waals surface area contributed by atoms with Gasteiger partial charge in [-0.1, -0.05) is 208 Å². The van der Waals surface area contributed by atoms with Crippen molar-refractivity contribution in [2.24, 2.45) is 0 Å². The van der Waals surface area contributed by atoms with E-state index in [-0.39, 0.29) is 5.41 Å². The molecule has 66 heavy (non-hydrogen) atoms. The van der Waals surface area contributed by atoms with Crippen LogP contribution in [0.15, 0.2) is 224 Å². The number of hydrogen-bond donors (Lipinski definition) is 0. The molecule has 0 aliphatic heterocycles. The first-order chi connectivity index (χ1) is 32.5. The van der Waals surface area contributed by atoms with Gasteiger partial charge in [-0.25, -0.2) is 0 Å². The van der Waals surface area contributed by atoms with Crippen LogP contribution in [0.3, 0.4) is 0 Å². The molecular weight excluding hydrogens is 795 g/mol. The third kappa shape index (κ3) is 4.95. The maximum absolute atomic E-state index is 2.52. The summed E-state index contributed by atoms with van der Waals surface area (Å²) in [5.41, 5.74) is 29.1. The highest BCUT2D eigenvalue weighted by Gasteiger charge is 2.51. The number of rotatable bonds is 4. The highest BCUT2D eigenvalue weighted by atomic mass is 15.1. The summed E-state index contributed by atoms with van der Waals surface area (Å²) in [7, 11) is 0. The molecule has 0 saturated carbocycles. The van der Waals surface area contributed by atoms with Gasteiger partial charge in [0, 0.05) is 22.4 Å². The molecule has 0 heterocycles. The first kappa shape index (κ1) is 37.4. The first-order valence-electron chi connectivity index (χ1n) is 23.4. The molecule has 10 aromatic rings. The van der Waals surface area contributed by atoms with Crippen LogP contribution in [0.1, 0.15) is 58.4 Å². The molecule has 0 aromatic heterocycles. The standard InChI is InChI=1S/C65H45N/c1-64(2)55-28-14-10-26-51(55)52-35-33-45(40-60(52)64)66(61-31-17-13-21-46(61)41-18-4-3-5-19-41)44-34-37-58-54(39-44)49-24-9-8-23-48(49)50-25-11-15-29-56(50)65(58)57-30-16-12-27-53(57)63-59(65)36-32-43-38-42-20-6-7-22-47(42)62(43)63/h3-37,39-40H,38H2,1-2H3. The predicted molar refractivity (Wildman–Crippen MR) is 274 cm³/mol. The largest absolute Gasteiger partial charge is 0.310 e. The molecule has 1 nitrogen and oxygen atoms in total. The minimum atomic E-state index is -0.585. The van der Waals surface area contributed by atoms with Gasteiger partial charge in [0.05, 0.1) is 11.1 Å². The quantitative estimate of drug-likeness (QED) is 0.171. The van der Waals surface area contributed by atoms with Gasteiger partial charge in [0.1, 0.15) is 0 Å². The maximum atomic E-state index is 2.52. The lowest BCUT2D eigenvalue weighted by molar-refractivity contribution is 0.660. The minimum Gasteiger partial charge on any atom is -0.310 e. The number of para-hydroxylation sites is 1. The van der Waals surface area contributed by atoms with E-state index >= 15 is 0 Å². The van der Waals surface area contributed by atoms with Crippen molar-refractivity contribution in [2.45, 2.75) is 31.1 Å². The summed E-state index contributed by atoms with van der Waals surface area (Å²) >= 11 is 0. The third-order valence-electron chi connectivity index (χ3n) is 15.5. The number of nitrogens with zero attached hydrogens (tertiary/aromatic N) is 1. The minimum absolute atomic E-state index is 0.151. The molecule has 1 atom stereocenters. The molecule has 0 fully saturated rings. The van der Waals surface area contributed by atoms with Crippen LogP contribution in [0, 0.1) is 0 Å². The van der Waals surface area contributed by atoms with E-state index in [9.17, 15) is 0 Å². The number of anilines is 3. The predicted octanol–water partition coefficient (Wildman–Crippen LogP) is 16.7. The molecule has 310 valence electrons. The van der Waals surface area contributed by atoms with Crippen LogP contribution in [-0.2, 0) is 17.3 Å². The lowest BCUT2D eigenvalue weighted by Crippen LogP contribution is -2.29. The van der Waals surface area contributed by atoms with E-state index in [4.69, 9.17) is 0 Å². The van der Waals surface area contributed by atoms with E-state index in [2.05, 4.69) is 243 Å². The van der Waals surface area contributed by atoms with Crippen LogP contribution in [0.5, 0.6) is 0 Å². The van der Waals surface area contributed by atoms with Crippen molar-refractivity contribution >= 4 is 17.1 Å². The zero-order chi connectivity index (χ0) is 43.7. The fourth-order valence-corrected chi connectivity index (χ4v) is 12.7. The van der Waals surface area contributed by atoms with E-state index in [1.54, 1.807) is 0 Å². The van der Waals surface area contributed by atoms with Gasteiger partial charge in [0.2, 0.25) is 0 Å². The first-order valence-corrected chi connectivity index (χ1v) is 23.4. The van der Waals surface area contributed by atoms with Crippen LogP contribution >= 0.6 is 0 Å². The van der Waals surface area contributed by atoms with E-state index in [1.807, 2.05) is 0 Å². The Morgan fingerprint density at radius 1 is 0.318 bits per heavy atom. The summed E-state index contributed by atoms with van der Waals surface area (Å²) in [6.45, 7) is 4.76. The van der Waals surface area contributed by atoms with Gasteiger partial charge in [-0.3, -0.25) is 0 Å². The summed E-state index contributed by atoms with van der Waals surface area (Å²) in [4.78, 5) is 2.52. The fourth-order valence-electron chi connectivity index (χ4n) is 12.7. The van der Waals surface area contributed by atoms with Gasteiger partial charge < -0.3 is 4.90 Å². The van der Waals surface area contributed by atoms with E-state index in [0.29, 0.717) is 0 Å². The Morgan fingerprint density at radius 2 is 0.833 bits per heavy atom. The lowest BCUT2D eigenvalue weighted by atomic mass is 9.65. The molecule has 4 aliphatic rings. The molecule has 1 unspecified atom stereocenters. The second kappa shape index (κ2) is 13.8. The van der Waals surface area contributed by atoms with Crippen molar-refractivity contribution < 1.29 is 0 Å². The van der Waals surface area contributed by atoms with Crippen molar-refractivity contribution in [3.63, 3.8) is 0 Å². The third-order valence-corrected chi connectivity index (χ3v) is 15.5. The van der Waals surface area contributed by atoms with Gasteiger partial charge in [0.25, 0.3) is 0 Å². The SMILES string of the molecule is CC1(C)c2ccccc2-c2ccc(N(c3ccc4c(c3)-c3ccccc3-c3ccccc3C43c4ccccc4-c4c3ccc3c4-c4ccccc4C3)c3ccccc3-c3ccccc3)cc21. The fraction of sp³-hybridized carbons (Fsp3) is 0.0769. The van der Waals surface area contributed by atoms with Gasteiger partial charge in [0.15, 0.2) is 0 Å². The Kier molecular flexibility index (Phi) is 7.79. The van der Waals surface area contributed by atoms with Crippen molar-refractivity contribution in [1.29, 1.82) is 0 Å². The summed E-state index contributed by atoms with van der Waals surface area (Å²) in [6, 6.07) is 85.0. The van der Waals surface area contributed by atoms with E-state index in [0.717, 1.165) is 23.5 Å². The second-order valence-electron chi connectivity index (χ2n) is 19.1. The van der Waals surface area contributed by atoms with Gasteiger partial charge in [-0.15, -0.1) is 0 Å². The lowest BCUT2D eigenvalue weighted by Gasteiger charge is -2.36. The molecule has 0 N–H and O–H groups in total. The topological polar surface area (TPSA) is 3.24 Å². The summed E-state index contributed by atoms with van der Waals surface area (Å²) < 4.78 is 0. The Labute approximate surface area is 387 Å². The Balaban J connectivity index is 1.08. The Bertz CT molecular complexity index is 3660. The Hall–Kier alpha value is -8.00. The average molecular weight is 840 g/mol. The molecule has 1 spiro atoms. The van der Waals surface area contributed by atoms with Crippen molar-refractivity contribution in [2.75, 3.05) is 4.90 Å². The van der Waals surface area contributed by atoms with Crippen LogP contribution in [0.4, 0.5) is 17.1 Å². The molecule has 0 amide bonds. The zero-order valence-corrected chi connectivity index (χ0v) is 37.0. The second-order valence-corrected chi connectivity index (χ2v) is 19.1. The summed E-state index contributed by atoms with van der Waals surface area (Å²) in [5, 5.41) is 0. The van der Waals surface area contributed by atoms with E-state index in [1.165, 1.54) is 111 Å². The normalized spacial score (nSPS) is 15.8. The smallest absolute Gasteiger partial charge is 0.0725 e. The van der Waals surface area contributed by atoms with E-state index < -0.39 is 5.41 Å². The van der Waals surface area contributed by atoms with Gasteiger partial charge in [-0.05, 0) is 142 Å². The highest BCUT2D eigenvalue weighted by molar-refractivity contribution is 6.03. The monoisotopic (exact) mass is 839 g/mol. The summed E-state index contributed by atoms with van der Waals surface area (Å²) in [6.07, 6.45) is 0.960. The van der Waals surface area contributed by atoms with Gasteiger partial charge in [-0.2, -0.15) is 0 Å². The highest BCUT2D eigenvalue weighted by Crippen LogP contribution is 2.64. The molecule has 0 bridgehead atoms. The molecule has 0 saturated heterocycles. The van der Waals surface area contributed by atoms with Crippen molar-refractivity contribution in [3.8, 4) is 66.8 Å². The maximum Gasteiger partial charge on any atom is 0.0725 e. The Morgan fingerprint density at radius 3 is 1.61 bits per heavy atom. The van der Waals surface area contributed by atoms with Gasteiger partial charge >= 0.3 is 0 Å². The zero-order valence-electron chi connectivity index (χ0n) is 37.0. The summed E-state index contributed by atoms with van der Waals surface area (Å²) in [5.74, 6) is 0. The molecular formula is C65H45N. The average Bonchev–Trinajstić information content (AvgIpc) is 3.95.